The van der Waals surface area contributed by atoms with Crippen molar-refractivity contribution >= 4 is 6.29 Å². The zero-order chi connectivity index (χ0) is 12.8. The first-order valence-electron chi connectivity index (χ1n) is 8.02. The summed E-state index contributed by atoms with van der Waals surface area (Å²) in [7, 11) is 0. The van der Waals surface area contributed by atoms with Gasteiger partial charge in [-0.3, -0.25) is 0 Å². The molecule has 0 spiro atoms. The van der Waals surface area contributed by atoms with Crippen LogP contribution in [0.4, 0.5) is 0 Å². The quantitative estimate of drug-likeness (QED) is 0.695. The first-order valence-corrected chi connectivity index (χ1v) is 8.02. The minimum Gasteiger partial charge on any atom is -0.303 e. The maximum Gasteiger partial charge on any atom is 0.123 e. The van der Waals surface area contributed by atoms with Gasteiger partial charge >= 0.3 is 0 Å². The van der Waals surface area contributed by atoms with E-state index in [1.165, 1.54) is 64.3 Å². The SMILES string of the molecule is CCN(CC1CCCCC1)C1CCC(C=O)CC1. The maximum atomic E-state index is 10.8. The molecule has 0 aromatic rings. The van der Waals surface area contributed by atoms with Crippen molar-refractivity contribution in [1.29, 1.82) is 0 Å². The summed E-state index contributed by atoms with van der Waals surface area (Å²) in [5, 5.41) is 0. The molecule has 2 nitrogen and oxygen atoms in total. The van der Waals surface area contributed by atoms with Gasteiger partial charge in [0.25, 0.3) is 0 Å². The van der Waals surface area contributed by atoms with Crippen LogP contribution in [0.3, 0.4) is 0 Å². The predicted molar refractivity (Wildman–Crippen MR) is 75.6 cm³/mol. The van der Waals surface area contributed by atoms with Crippen LogP contribution in [0.1, 0.15) is 64.7 Å². The van der Waals surface area contributed by atoms with Crippen LogP contribution in [0, 0.1) is 11.8 Å². The number of nitrogens with zero attached hydrogens (tertiary/aromatic N) is 1. The summed E-state index contributed by atoms with van der Waals surface area (Å²) in [5.74, 6) is 1.30. The molecule has 0 unspecified atom stereocenters. The minimum absolute atomic E-state index is 0.356. The Morgan fingerprint density at radius 3 is 2.22 bits per heavy atom. The van der Waals surface area contributed by atoms with E-state index in [1.807, 2.05) is 0 Å². The number of hydrogen-bond donors (Lipinski definition) is 0. The molecule has 0 aromatic carbocycles. The molecule has 0 saturated heterocycles. The normalized spacial score (nSPS) is 30.6. The van der Waals surface area contributed by atoms with Crippen molar-refractivity contribution in [1.82, 2.24) is 4.90 Å². The fraction of sp³-hybridized carbons (Fsp3) is 0.938. The molecule has 2 saturated carbocycles. The van der Waals surface area contributed by atoms with Gasteiger partial charge in [-0.25, -0.2) is 0 Å². The monoisotopic (exact) mass is 251 g/mol. The third kappa shape index (κ3) is 3.81. The number of carbonyl (C=O) groups excluding carboxylic acids is 1. The highest BCUT2D eigenvalue weighted by molar-refractivity contribution is 5.53. The van der Waals surface area contributed by atoms with Crippen molar-refractivity contribution in [2.24, 2.45) is 11.8 Å². The average molecular weight is 251 g/mol. The summed E-state index contributed by atoms with van der Waals surface area (Å²) >= 11 is 0. The molecule has 0 aliphatic heterocycles. The molecular formula is C16H29NO. The van der Waals surface area contributed by atoms with Gasteiger partial charge < -0.3 is 9.69 Å². The lowest BCUT2D eigenvalue weighted by Gasteiger charge is -2.38. The Morgan fingerprint density at radius 2 is 1.67 bits per heavy atom. The van der Waals surface area contributed by atoms with E-state index in [0.29, 0.717) is 5.92 Å². The van der Waals surface area contributed by atoms with E-state index in [-0.39, 0.29) is 0 Å². The van der Waals surface area contributed by atoms with Gasteiger partial charge in [0, 0.05) is 18.5 Å². The molecule has 2 fully saturated rings. The van der Waals surface area contributed by atoms with Gasteiger partial charge in [-0.1, -0.05) is 26.2 Å². The molecule has 0 amide bonds. The molecule has 0 radical (unpaired) electrons. The van der Waals surface area contributed by atoms with E-state index in [1.54, 1.807) is 0 Å². The van der Waals surface area contributed by atoms with Crippen LogP contribution in [0.25, 0.3) is 0 Å². The third-order valence-corrected chi connectivity index (χ3v) is 5.07. The summed E-state index contributed by atoms with van der Waals surface area (Å²) in [6.45, 7) is 4.80. The minimum atomic E-state index is 0.356. The van der Waals surface area contributed by atoms with Gasteiger partial charge in [0.05, 0.1) is 0 Å². The van der Waals surface area contributed by atoms with E-state index in [4.69, 9.17) is 0 Å². The fourth-order valence-corrected chi connectivity index (χ4v) is 3.84. The molecule has 0 heterocycles. The largest absolute Gasteiger partial charge is 0.303 e. The Labute approximate surface area is 112 Å². The van der Waals surface area contributed by atoms with Gasteiger partial charge in [0.1, 0.15) is 6.29 Å². The Balaban J connectivity index is 1.79. The standard InChI is InChI=1S/C16H29NO/c1-2-17(12-14-6-4-3-5-7-14)16-10-8-15(13-18)9-11-16/h13-16H,2-12H2,1H3. The molecule has 18 heavy (non-hydrogen) atoms. The summed E-state index contributed by atoms with van der Waals surface area (Å²) < 4.78 is 0. The lowest BCUT2D eigenvalue weighted by atomic mass is 9.84. The van der Waals surface area contributed by atoms with Gasteiger partial charge in [-0.2, -0.15) is 0 Å². The molecule has 2 rings (SSSR count). The Kier molecular flexibility index (Phi) is 5.68. The molecule has 2 heteroatoms. The first kappa shape index (κ1) is 14.0. The van der Waals surface area contributed by atoms with E-state index in [0.717, 1.165) is 24.8 Å². The van der Waals surface area contributed by atoms with Gasteiger partial charge in [0.2, 0.25) is 0 Å². The first-order chi connectivity index (χ1) is 8.83. The summed E-state index contributed by atoms with van der Waals surface area (Å²) in [6.07, 6.45) is 13.1. The van der Waals surface area contributed by atoms with Crippen molar-refractivity contribution in [3.63, 3.8) is 0 Å². The Hall–Kier alpha value is -0.370. The van der Waals surface area contributed by atoms with Gasteiger partial charge in [0.15, 0.2) is 0 Å². The second kappa shape index (κ2) is 7.28. The summed E-state index contributed by atoms with van der Waals surface area (Å²) in [4.78, 5) is 13.5. The van der Waals surface area contributed by atoms with E-state index in [2.05, 4.69) is 11.8 Å². The predicted octanol–water partition coefficient (Wildman–Crippen LogP) is 3.65. The molecule has 0 aromatic heterocycles. The molecule has 104 valence electrons. The maximum absolute atomic E-state index is 10.8. The Bertz CT molecular complexity index is 239. The molecule has 0 N–H and O–H groups in total. The third-order valence-electron chi connectivity index (χ3n) is 5.07. The highest BCUT2D eigenvalue weighted by Crippen LogP contribution is 2.29. The molecule has 0 bridgehead atoms. The van der Waals surface area contributed by atoms with Gasteiger partial charge in [-0.05, 0) is 51.0 Å². The number of aldehydes is 1. The molecule has 0 atom stereocenters. The van der Waals surface area contributed by atoms with Crippen LogP contribution < -0.4 is 0 Å². The number of rotatable bonds is 5. The van der Waals surface area contributed by atoms with Crippen LogP contribution >= 0.6 is 0 Å². The molecule has 2 aliphatic rings. The van der Waals surface area contributed by atoms with Crippen molar-refractivity contribution < 1.29 is 4.79 Å². The van der Waals surface area contributed by atoms with Crippen LogP contribution in [0.5, 0.6) is 0 Å². The van der Waals surface area contributed by atoms with Crippen molar-refractivity contribution in [3.05, 3.63) is 0 Å². The van der Waals surface area contributed by atoms with Crippen LogP contribution in [0.2, 0.25) is 0 Å². The second-order valence-corrected chi connectivity index (χ2v) is 6.30. The second-order valence-electron chi connectivity index (χ2n) is 6.30. The van der Waals surface area contributed by atoms with Crippen molar-refractivity contribution in [2.45, 2.75) is 70.8 Å². The van der Waals surface area contributed by atoms with Crippen LogP contribution in [-0.4, -0.2) is 30.3 Å². The number of hydrogen-bond acceptors (Lipinski definition) is 2. The van der Waals surface area contributed by atoms with E-state index in [9.17, 15) is 4.79 Å². The lowest BCUT2D eigenvalue weighted by molar-refractivity contribution is -0.112. The smallest absolute Gasteiger partial charge is 0.123 e. The Morgan fingerprint density at radius 1 is 1.00 bits per heavy atom. The zero-order valence-corrected chi connectivity index (χ0v) is 11.9. The van der Waals surface area contributed by atoms with Crippen molar-refractivity contribution in [2.75, 3.05) is 13.1 Å². The van der Waals surface area contributed by atoms with E-state index < -0.39 is 0 Å². The molecular weight excluding hydrogens is 222 g/mol. The summed E-state index contributed by atoms with van der Waals surface area (Å²) in [5.41, 5.74) is 0. The molecule has 2 aliphatic carbocycles. The van der Waals surface area contributed by atoms with Crippen molar-refractivity contribution in [3.8, 4) is 0 Å². The van der Waals surface area contributed by atoms with Crippen LogP contribution in [-0.2, 0) is 4.79 Å². The fourth-order valence-electron chi connectivity index (χ4n) is 3.84. The highest BCUT2D eigenvalue weighted by Gasteiger charge is 2.26. The summed E-state index contributed by atoms with van der Waals surface area (Å²) in [6, 6.07) is 0.758. The van der Waals surface area contributed by atoms with Gasteiger partial charge in [-0.15, -0.1) is 0 Å². The number of carbonyl (C=O) groups is 1. The van der Waals surface area contributed by atoms with Crippen LogP contribution in [0.15, 0.2) is 0 Å². The highest BCUT2D eigenvalue weighted by atomic mass is 16.1. The average Bonchev–Trinajstić information content (AvgIpc) is 2.46. The topological polar surface area (TPSA) is 20.3 Å². The zero-order valence-electron chi connectivity index (χ0n) is 11.9. The van der Waals surface area contributed by atoms with E-state index >= 15 is 0 Å². The lowest BCUT2D eigenvalue weighted by Crippen LogP contribution is -2.41.